The number of carboxylic acid groups (broad SMARTS) is 2. The van der Waals surface area contributed by atoms with Crippen molar-refractivity contribution < 1.29 is 43.8 Å². The summed E-state index contributed by atoms with van der Waals surface area (Å²) in [6.45, 7) is -0.434. The zero-order valence-electron chi connectivity index (χ0n) is 30.4. The monoisotopic (exact) mass is 765 g/mol. The summed E-state index contributed by atoms with van der Waals surface area (Å²) in [5.41, 5.74) is 7.61. The van der Waals surface area contributed by atoms with E-state index in [1.807, 2.05) is 36.4 Å². The Balaban J connectivity index is 2.14. The van der Waals surface area contributed by atoms with Crippen LogP contribution in [0.4, 0.5) is 0 Å². The molecule has 2 rings (SSSR count). The molecule has 0 fully saturated rings. The molecule has 292 valence electrons. The highest BCUT2D eigenvalue weighted by Gasteiger charge is 2.31. The number of carboxylic acids is 2. The molecule has 0 bridgehead atoms. The number of amides is 4. The van der Waals surface area contributed by atoms with Crippen LogP contribution >= 0.6 is 12.6 Å². The SMILES string of the molecule is [B]CCCCCCCCC(=O)N[C@@H](Cc1ccccc1)C(=O)C[C@@H](Cc1ccccc1)C(=O)NC[C@H](N)C(=O)N[C@@H](CC(=O)O)C(=O)N[C@@H](CS)C(=O)O. The number of unbranched alkanes of at least 4 members (excludes halogenated alkanes) is 5. The lowest BCUT2D eigenvalue weighted by Gasteiger charge is -2.23. The van der Waals surface area contributed by atoms with Crippen LogP contribution in [0.2, 0.25) is 6.32 Å². The van der Waals surface area contributed by atoms with Gasteiger partial charge in [-0.1, -0.05) is 99.1 Å². The lowest BCUT2D eigenvalue weighted by atomic mass is 9.89. The van der Waals surface area contributed by atoms with E-state index in [-0.39, 0.29) is 43.1 Å². The first-order valence-electron chi connectivity index (χ1n) is 18.1. The number of aliphatic carboxylic acids is 2. The minimum atomic E-state index is -1.67. The van der Waals surface area contributed by atoms with Gasteiger partial charge in [-0.25, -0.2) is 4.79 Å². The summed E-state index contributed by atoms with van der Waals surface area (Å²) < 4.78 is 0. The molecule has 0 aliphatic rings. The standard InChI is InChI=1S/C38H52BN5O9S/c39-18-12-4-2-1-3-11-17-33(46)42-29(20-26-15-9-6-10-16-26)32(45)21-27(19-25-13-7-5-8-14-25)35(49)41-23-28(40)36(50)43-30(22-34(47)48)37(51)44-31(24-54)38(52)53/h5-10,13-16,27-31,54H,1-4,11-12,17-24,40H2,(H,41,49)(H,42,46)(H,43,50)(H,44,51)(H,47,48)(H,52,53)/t27-,28+,29+,30+,31+/m1/s1. The Morgan fingerprint density at radius 2 is 1.22 bits per heavy atom. The third-order valence-electron chi connectivity index (χ3n) is 8.65. The summed E-state index contributed by atoms with van der Waals surface area (Å²) in [5, 5.41) is 28.3. The van der Waals surface area contributed by atoms with E-state index in [0.717, 1.165) is 43.2 Å². The Hall–Kier alpha value is -4.70. The smallest absolute Gasteiger partial charge is 0.327 e. The summed E-state index contributed by atoms with van der Waals surface area (Å²) in [5.74, 6) is -7.31. The van der Waals surface area contributed by atoms with Crippen LogP contribution in [-0.2, 0) is 46.4 Å². The predicted octanol–water partition coefficient (Wildman–Crippen LogP) is 1.75. The van der Waals surface area contributed by atoms with E-state index in [4.69, 9.17) is 13.6 Å². The molecular formula is C38H52BN5O9S. The second-order valence-corrected chi connectivity index (χ2v) is 13.5. The highest BCUT2D eigenvalue weighted by atomic mass is 32.1. The Morgan fingerprint density at radius 1 is 0.667 bits per heavy atom. The topological polar surface area (TPSA) is 234 Å². The van der Waals surface area contributed by atoms with E-state index < -0.39 is 72.7 Å². The molecule has 0 saturated heterocycles. The number of hydrogen-bond donors (Lipinski definition) is 8. The maximum Gasteiger partial charge on any atom is 0.327 e. The van der Waals surface area contributed by atoms with Gasteiger partial charge in [0.15, 0.2) is 5.78 Å². The fraction of sp³-hybridized carbons (Fsp3) is 0.500. The largest absolute Gasteiger partial charge is 0.481 e. The molecule has 0 heterocycles. The highest BCUT2D eigenvalue weighted by molar-refractivity contribution is 7.80. The molecule has 16 heteroatoms. The molecule has 2 aromatic rings. The van der Waals surface area contributed by atoms with Gasteiger partial charge in [0.1, 0.15) is 18.1 Å². The van der Waals surface area contributed by atoms with Gasteiger partial charge in [-0.15, -0.1) is 0 Å². The van der Waals surface area contributed by atoms with Crippen LogP contribution in [0.5, 0.6) is 0 Å². The van der Waals surface area contributed by atoms with Crippen molar-refractivity contribution in [2.45, 2.75) is 101 Å². The van der Waals surface area contributed by atoms with E-state index in [1.54, 1.807) is 24.3 Å². The number of thiol groups is 1. The molecule has 4 amide bonds. The summed E-state index contributed by atoms with van der Waals surface area (Å²) >= 11 is 3.86. The lowest BCUT2D eigenvalue weighted by molar-refractivity contribution is -0.143. The van der Waals surface area contributed by atoms with Gasteiger partial charge in [-0.05, 0) is 30.4 Å². The second kappa shape index (κ2) is 25.3. The molecule has 8 N–H and O–H groups in total. The first kappa shape index (κ1) is 45.5. The van der Waals surface area contributed by atoms with Crippen LogP contribution in [0.1, 0.15) is 68.9 Å². The summed E-state index contributed by atoms with van der Waals surface area (Å²) in [4.78, 5) is 88.8. The summed E-state index contributed by atoms with van der Waals surface area (Å²) in [7, 11) is 5.55. The molecule has 54 heavy (non-hydrogen) atoms. The first-order chi connectivity index (χ1) is 25.8. The van der Waals surface area contributed by atoms with Gasteiger partial charge in [0.05, 0.1) is 20.3 Å². The average molecular weight is 766 g/mol. The Labute approximate surface area is 323 Å². The number of nitrogens with two attached hydrogens (primary N) is 1. The Morgan fingerprint density at radius 3 is 1.78 bits per heavy atom. The number of carbonyl (C=O) groups is 7. The molecule has 0 saturated carbocycles. The van der Waals surface area contributed by atoms with Crippen LogP contribution in [0.3, 0.4) is 0 Å². The molecule has 5 atom stereocenters. The number of rotatable bonds is 27. The average Bonchev–Trinajstić information content (AvgIpc) is 3.14. The van der Waals surface area contributed by atoms with Gasteiger partial charge in [-0.3, -0.25) is 28.8 Å². The lowest BCUT2D eigenvalue weighted by Crippen LogP contribution is -2.57. The zero-order valence-corrected chi connectivity index (χ0v) is 31.3. The van der Waals surface area contributed by atoms with Crippen LogP contribution in [0, 0.1) is 5.92 Å². The van der Waals surface area contributed by atoms with Gasteiger partial charge in [0, 0.05) is 31.1 Å². The van der Waals surface area contributed by atoms with Crippen molar-refractivity contribution in [3.8, 4) is 0 Å². The zero-order chi connectivity index (χ0) is 39.9. The van der Waals surface area contributed by atoms with Crippen molar-refractivity contribution in [3.63, 3.8) is 0 Å². The van der Waals surface area contributed by atoms with Gasteiger partial charge < -0.3 is 37.2 Å². The maximum atomic E-state index is 13.9. The van der Waals surface area contributed by atoms with E-state index in [9.17, 15) is 43.8 Å². The fourth-order valence-corrected chi connectivity index (χ4v) is 5.86. The molecule has 14 nitrogen and oxygen atoms in total. The van der Waals surface area contributed by atoms with Crippen molar-refractivity contribution in [1.29, 1.82) is 0 Å². The van der Waals surface area contributed by atoms with E-state index in [1.165, 1.54) is 0 Å². The summed E-state index contributed by atoms with van der Waals surface area (Å²) in [6, 6.07) is 12.8. The molecule has 0 spiro atoms. The van der Waals surface area contributed by atoms with Gasteiger partial charge in [0.25, 0.3) is 0 Å². The second-order valence-electron chi connectivity index (χ2n) is 13.1. The number of carbonyl (C=O) groups excluding carboxylic acids is 5. The number of hydrogen-bond acceptors (Lipinski definition) is 9. The van der Waals surface area contributed by atoms with Gasteiger partial charge in [-0.2, -0.15) is 12.6 Å². The quantitative estimate of drug-likeness (QED) is 0.0373. The van der Waals surface area contributed by atoms with Crippen molar-refractivity contribution >= 4 is 61.8 Å². The molecule has 0 unspecified atom stereocenters. The van der Waals surface area contributed by atoms with Crippen molar-refractivity contribution in [1.82, 2.24) is 21.3 Å². The molecule has 0 aliphatic carbocycles. The van der Waals surface area contributed by atoms with Crippen LogP contribution in [0.15, 0.2) is 60.7 Å². The van der Waals surface area contributed by atoms with Crippen molar-refractivity contribution in [2.24, 2.45) is 11.7 Å². The summed E-state index contributed by atoms with van der Waals surface area (Å²) in [6.07, 6.45) is 5.80. The minimum Gasteiger partial charge on any atom is -0.481 e. The van der Waals surface area contributed by atoms with Crippen LogP contribution < -0.4 is 27.0 Å². The predicted molar refractivity (Wildman–Crippen MR) is 207 cm³/mol. The molecule has 2 aromatic carbocycles. The maximum absolute atomic E-state index is 13.9. The molecule has 0 aliphatic heterocycles. The normalized spacial score (nSPS) is 13.7. The Bertz CT molecular complexity index is 1520. The fourth-order valence-electron chi connectivity index (χ4n) is 5.61. The van der Waals surface area contributed by atoms with E-state index in [0.29, 0.717) is 12.7 Å². The Kier molecular flexibility index (Phi) is 21.3. The van der Waals surface area contributed by atoms with Gasteiger partial charge >= 0.3 is 11.9 Å². The van der Waals surface area contributed by atoms with Gasteiger partial charge in [0.2, 0.25) is 23.6 Å². The number of benzene rings is 2. The van der Waals surface area contributed by atoms with Crippen molar-refractivity contribution in [2.75, 3.05) is 12.3 Å². The first-order valence-corrected chi connectivity index (χ1v) is 18.8. The van der Waals surface area contributed by atoms with Crippen LogP contribution in [-0.4, -0.2) is 95.9 Å². The van der Waals surface area contributed by atoms with E-state index >= 15 is 0 Å². The van der Waals surface area contributed by atoms with Crippen molar-refractivity contribution in [3.05, 3.63) is 71.8 Å². The number of ketones is 1. The molecule has 0 aromatic heterocycles. The minimum absolute atomic E-state index is 0.159. The molecule has 2 radical (unpaired) electrons. The third kappa shape index (κ3) is 17.9. The highest BCUT2D eigenvalue weighted by Crippen LogP contribution is 2.17. The number of nitrogens with one attached hydrogen (secondary N) is 4. The number of Topliss-reactive ketones (excluding diaryl/α,β-unsaturated/α-hetero) is 1. The van der Waals surface area contributed by atoms with Crippen LogP contribution in [0.25, 0.3) is 0 Å². The molecular weight excluding hydrogens is 713 g/mol. The van der Waals surface area contributed by atoms with E-state index in [2.05, 4.69) is 33.9 Å². The third-order valence-corrected chi connectivity index (χ3v) is 9.01.